The van der Waals surface area contributed by atoms with Crippen LogP contribution < -0.4 is 9.47 Å². The van der Waals surface area contributed by atoms with E-state index in [0.717, 1.165) is 5.57 Å². The largest absolute Gasteiger partial charge is 0.497 e. The summed E-state index contributed by atoms with van der Waals surface area (Å²) in [5, 5.41) is 0. The van der Waals surface area contributed by atoms with Crippen molar-refractivity contribution < 1.29 is 23.2 Å². The highest BCUT2D eigenvalue weighted by molar-refractivity contribution is 7.92. The maximum atomic E-state index is 13.1. The van der Waals surface area contributed by atoms with E-state index in [1.54, 1.807) is 38.3 Å². The van der Waals surface area contributed by atoms with Gasteiger partial charge in [-0.2, -0.15) is 0 Å². The van der Waals surface area contributed by atoms with E-state index in [-0.39, 0.29) is 4.91 Å². The zero-order valence-corrected chi connectivity index (χ0v) is 17.9. The number of ether oxygens (including phenoxy) is 3. The summed E-state index contributed by atoms with van der Waals surface area (Å²) < 4.78 is 29.7. The second-order valence-corrected chi connectivity index (χ2v) is 9.62. The van der Waals surface area contributed by atoms with Crippen molar-refractivity contribution in [2.45, 2.75) is 46.5 Å². The Morgan fingerprint density at radius 2 is 1.96 bits per heavy atom. The molecule has 0 aliphatic carbocycles. The highest BCUT2D eigenvalue weighted by Crippen LogP contribution is 2.45. The van der Waals surface area contributed by atoms with Crippen molar-refractivity contribution in [3.8, 4) is 11.5 Å². The van der Waals surface area contributed by atoms with Crippen molar-refractivity contribution in [1.82, 2.24) is 0 Å². The molecule has 0 amide bonds. The van der Waals surface area contributed by atoms with Gasteiger partial charge in [-0.25, -0.2) is 9.00 Å². The summed E-state index contributed by atoms with van der Waals surface area (Å²) in [6, 6.07) is 5.31. The third kappa shape index (κ3) is 4.43. The van der Waals surface area contributed by atoms with Crippen molar-refractivity contribution in [2.24, 2.45) is 5.41 Å². The van der Waals surface area contributed by atoms with Crippen LogP contribution in [-0.4, -0.2) is 28.8 Å². The minimum absolute atomic E-state index is 0.132. The number of hydrogen-bond acceptors (Lipinski definition) is 5. The van der Waals surface area contributed by atoms with Crippen molar-refractivity contribution in [2.75, 3.05) is 13.7 Å². The van der Waals surface area contributed by atoms with Crippen LogP contribution in [0.5, 0.6) is 11.5 Å². The number of esters is 1. The van der Waals surface area contributed by atoms with Crippen molar-refractivity contribution >= 4 is 22.8 Å². The van der Waals surface area contributed by atoms with Crippen LogP contribution in [0.2, 0.25) is 0 Å². The fourth-order valence-electron chi connectivity index (χ4n) is 2.43. The molecule has 0 spiro atoms. The summed E-state index contributed by atoms with van der Waals surface area (Å²) in [6.45, 7) is 11.8. The van der Waals surface area contributed by atoms with Crippen molar-refractivity contribution in [1.29, 1.82) is 0 Å². The molecule has 2 atom stereocenters. The highest BCUT2D eigenvalue weighted by atomic mass is 32.2. The van der Waals surface area contributed by atoms with Gasteiger partial charge in [-0.3, -0.25) is 0 Å². The quantitative estimate of drug-likeness (QED) is 0.421. The van der Waals surface area contributed by atoms with Gasteiger partial charge in [0.25, 0.3) is 0 Å². The molecular formula is C21H28O5S. The topological polar surface area (TPSA) is 61.8 Å². The van der Waals surface area contributed by atoms with Crippen molar-refractivity contribution in [3.63, 3.8) is 0 Å². The molecule has 2 rings (SSSR count). The number of allylic oxidation sites excluding steroid dienone is 1. The van der Waals surface area contributed by atoms with Crippen molar-refractivity contribution in [3.05, 3.63) is 40.3 Å². The van der Waals surface area contributed by atoms with Crippen LogP contribution in [0.3, 0.4) is 0 Å². The van der Waals surface area contributed by atoms with Crippen LogP contribution >= 0.6 is 0 Å². The van der Waals surface area contributed by atoms with Gasteiger partial charge in [0.05, 0.1) is 7.11 Å². The van der Waals surface area contributed by atoms with E-state index >= 15 is 0 Å². The summed E-state index contributed by atoms with van der Waals surface area (Å²) in [6.07, 6.45) is 3.54. The van der Waals surface area contributed by atoms with E-state index < -0.39 is 27.1 Å². The van der Waals surface area contributed by atoms with E-state index in [1.807, 2.05) is 40.7 Å². The Morgan fingerprint density at radius 1 is 1.30 bits per heavy atom. The third-order valence-corrected chi connectivity index (χ3v) is 6.73. The lowest BCUT2D eigenvalue weighted by Crippen LogP contribution is -2.42. The second-order valence-electron chi connectivity index (χ2n) is 7.86. The molecule has 1 fully saturated rings. The van der Waals surface area contributed by atoms with Gasteiger partial charge >= 0.3 is 5.97 Å². The fraction of sp³-hybridized carbons (Fsp3) is 0.476. The van der Waals surface area contributed by atoms with Crippen LogP contribution in [0.15, 0.2) is 34.8 Å². The molecule has 6 heteroatoms. The molecule has 1 aromatic rings. The van der Waals surface area contributed by atoms with Gasteiger partial charge in [0, 0.05) is 11.0 Å². The average Bonchev–Trinajstić information content (AvgIpc) is 2.79. The van der Waals surface area contributed by atoms with E-state index in [4.69, 9.17) is 14.2 Å². The predicted octanol–water partition coefficient (Wildman–Crippen LogP) is 4.45. The number of carbonyl (C=O) groups is 1. The lowest BCUT2D eigenvalue weighted by atomic mass is 9.89. The highest BCUT2D eigenvalue weighted by Gasteiger charge is 2.54. The number of methoxy groups -OCH3 is 1. The molecule has 1 aliphatic heterocycles. The van der Waals surface area contributed by atoms with Gasteiger partial charge in [0.2, 0.25) is 0 Å². The Bertz CT molecular complexity index is 812. The average molecular weight is 393 g/mol. The Labute approximate surface area is 163 Å². The minimum Gasteiger partial charge on any atom is -0.497 e. The van der Waals surface area contributed by atoms with E-state index in [9.17, 15) is 9.00 Å². The molecule has 148 valence electrons. The SMILES string of the molecule is COc1ccc(OCC=C(C)C)c(/C=C2\C(=O)OC(C)(C(C)(C)C)S2=O)c1. The third-order valence-electron chi connectivity index (χ3n) is 4.64. The first-order valence-electron chi connectivity index (χ1n) is 8.80. The van der Waals surface area contributed by atoms with Crippen LogP contribution in [0.25, 0.3) is 6.08 Å². The summed E-state index contributed by atoms with van der Waals surface area (Å²) >= 11 is 0. The Kier molecular flexibility index (Phi) is 6.20. The summed E-state index contributed by atoms with van der Waals surface area (Å²) in [5.74, 6) is 0.630. The summed E-state index contributed by atoms with van der Waals surface area (Å²) in [4.78, 5) is 11.5. The summed E-state index contributed by atoms with van der Waals surface area (Å²) in [7, 11) is -0.0488. The molecule has 27 heavy (non-hydrogen) atoms. The van der Waals surface area contributed by atoms with Crippen LogP contribution in [0.1, 0.15) is 47.1 Å². The molecule has 0 bridgehead atoms. The molecule has 1 heterocycles. The van der Waals surface area contributed by atoms with Gasteiger partial charge in [-0.15, -0.1) is 0 Å². The van der Waals surface area contributed by atoms with Crippen LogP contribution in [-0.2, 0) is 20.3 Å². The Hall–Kier alpha value is -2.08. The maximum absolute atomic E-state index is 13.1. The summed E-state index contributed by atoms with van der Waals surface area (Å²) in [5.41, 5.74) is 1.29. The van der Waals surface area contributed by atoms with E-state index in [1.165, 1.54) is 0 Å². The molecule has 0 saturated carbocycles. The molecule has 5 nitrogen and oxygen atoms in total. The predicted molar refractivity (Wildman–Crippen MR) is 108 cm³/mol. The molecule has 1 aliphatic rings. The molecular weight excluding hydrogens is 364 g/mol. The molecule has 0 aromatic heterocycles. The lowest BCUT2D eigenvalue weighted by molar-refractivity contribution is -0.148. The molecule has 1 aromatic carbocycles. The molecule has 0 N–H and O–H groups in total. The lowest BCUT2D eigenvalue weighted by Gasteiger charge is -2.34. The number of benzene rings is 1. The van der Waals surface area contributed by atoms with E-state index in [2.05, 4.69) is 0 Å². The standard InChI is InChI=1S/C21H28O5S/c1-14(2)10-11-25-17-9-8-16(24-7)12-15(17)13-18-19(22)26-21(6,27(18)23)20(3,4)5/h8-10,12-13H,11H2,1-7H3/b18-13+. The molecule has 2 unspecified atom stereocenters. The number of hydrogen-bond donors (Lipinski definition) is 0. The zero-order chi connectivity index (χ0) is 20.4. The van der Waals surface area contributed by atoms with Gasteiger partial charge in [-0.1, -0.05) is 26.3 Å². The van der Waals surface area contributed by atoms with Gasteiger partial charge in [-0.05, 0) is 51.1 Å². The van der Waals surface area contributed by atoms with Gasteiger partial charge in [0.1, 0.15) is 33.8 Å². The molecule has 0 radical (unpaired) electrons. The van der Waals surface area contributed by atoms with Gasteiger partial charge in [0.15, 0.2) is 4.93 Å². The first-order chi connectivity index (χ1) is 12.5. The molecule has 1 saturated heterocycles. The number of cyclic esters (lactones) is 1. The Morgan fingerprint density at radius 3 is 2.48 bits per heavy atom. The van der Waals surface area contributed by atoms with Crippen LogP contribution in [0, 0.1) is 5.41 Å². The number of carbonyl (C=O) groups excluding carboxylic acids is 1. The first-order valence-corrected chi connectivity index (χ1v) is 9.95. The fourth-order valence-corrected chi connectivity index (χ4v) is 3.99. The van der Waals surface area contributed by atoms with Crippen LogP contribution in [0.4, 0.5) is 0 Å². The first kappa shape index (κ1) is 21.2. The maximum Gasteiger partial charge on any atom is 0.348 e. The zero-order valence-electron chi connectivity index (χ0n) is 17.0. The second kappa shape index (κ2) is 7.89. The number of rotatable bonds is 5. The van der Waals surface area contributed by atoms with E-state index in [0.29, 0.717) is 23.7 Å². The normalized spacial score (nSPS) is 23.9. The van der Waals surface area contributed by atoms with Gasteiger partial charge < -0.3 is 14.2 Å². The Balaban J connectivity index is 2.46. The minimum atomic E-state index is -1.61. The smallest absolute Gasteiger partial charge is 0.348 e. The monoisotopic (exact) mass is 392 g/mol.